The molecule has 1 aromatic carbocycles. The lowest BCUT2D eigenvalue weighted by Crippen LogP contribution is -2.24. The monoisotopic (exact) mass is 255 g/mol. The van der Waals surface area contributed by atoms with E-state index in [1.54, 1.807) is 6.08 Å². The average molecular weight is 255 g/mol. The molecule has 0 bridgehead atoms. The van der Waals surface area contributed by atoms with Crippen molar-refractivity contribution in [2.75, 3.05) is 12.3 Å². The molecule has 4 heteroatoms. The highest BCUT2D eigenvalue weighted by Crippen LogP contribution is 2.07. The molecule has 2 rings (SSSR count). The lowest BCUT2D eigenvalue weighted by atomic mass is 10.2. The Hall–Kier alpha value is -2.49. The highest BCUT2D eigenvalue weighted by atomic mass is 16.1. The van der Waals surface area contributed by atoms with Crippen molar-refractivity contribution in [3.8, 4) is 0 Å². The first-order valence-electron chi connectivity index (χ1n) is 6.16. The minimum atomic E-state index is -0.102. The average Bonchev–Trinajstić information content (AvgIpc) is 2.90. The standard InChI is InChI=1S/C15H17N3O/c16-14-5-3-4-13(12-14)6-7-15(19)17-8-11-18-9-1-2-10-18/h1-7,9-10,12H,8,11,16H2,(H,17,19)/b7-6+. The molecule has 0 spiro atoms. The summed E-state index contributed by atoms with van der Waals surface area (Å²) in [5.41, 5.74) is 7.27. The molecule has 1 amide bonds. The van der Waals surface area contributed by atoms with Gasteiger partial charge in [0.2, 0.25) is 5.91 Å². The number of carbonyl (C=O) groups is 1. The lowest BCUT2D eigenvalue weighted by molar-refractivity contribution is -0.116. The van der Waals surface area contributed by atoms with Gasteiger partial charge in [-0.15, -0.1) is 0 Å². The van der Waals surface area contributed by atoms with Crippen molar-refractivity contribution < 1.29 is 4.79 Å². The van der Waals surface area contributed by atoms with Crippen LogP contribution in [-0.2, 0) is 11.3 Å². The number of anilines is 1. The minimum Gasteiger partial charge on any atom is -0.399 e. The Bertz CT molecular complexity index is 559. The summed E-state index contributed by atoms with van der Waals surface area (Å²) in [5.74, 6) is -0.102. The molecule has 0 aliphatic heterocycles. The van der Waals surface area contributed by atoms with Gasteiger partial charge in [-0.3, -0.25) is 4.79 Å². The number of nitrogens with two attached hydrogens (primary N) is 1. The Labute approximate surface area is 112 Å². The van der Waals surface area contributed by atoms with Gasteiger partial charge in [0.25, 0.3) is 0 Å². The molecular formula is C15H17N3O. The van der Waals surface area contributed by atoms with Crippen LogP contribution >= 0.6 is 0 Å². The number of rotatable bonds is 5. The molecule has 0 aliphatic carbocycles. The first kappa shape index (κ1) is 13.0. The van der Waals surface area contributed by atoms with Crippen molar-refractivity contribution in [2.24, 2.45) is 0 Å². The number of carbonyl (C=O) groups excluding carboxylic acids is 1. The fraction of sp³-hybridized carbons (Fsp3) is 0.133. The summed E-state index contributed by atoms with van der Waals surface area (Å²) in [4.78, 5) is 11.6. The van der Waals surface area contributed by atoms with E-state index in [1.807, 2.05) is 53.4 Å². The molecule has 1 aromatic heterocycles. The molecule has 0 atom stereocenters. The van der Waals surface area contributed by atoms with Crippen LogP contribution in [0.15, 0.2) is 54.9 Å². The van der Waals surface area contributed by atoms with E-state index in [-0.39, 0.29) is 5.91 Å². The highest BCUT2D eigenvalue weighted by molar-refractivity contribution is 5.91. The molecule has 1 heterocycles. The number of nitrogens with zero attached hydrogens (tertiary/aromatic N) is 1. The third kappa shape index (κ3) is 4.35. The molecule has 4 nitrogen and oxygen atoms in total. The molecule has 0 radical (unpaired) electrons. The van der Waals surface area contributed by atoms with Gasteiger partial charge in [0.05, 0.1) is 0 Å². The number of nitrogens with one attached hydrogen (secondary N) is 1. The van der Waals surface area contributed by atoms with Crippen molar-refractivity contribution in [1.29, 1.82) is 0 Å². The summed E-state index contributed by atoms with van der Waals surface area (Å²) in [6.45, 7) is 1.37. The number of hydrogen-bond donors (Lipinski definition) is 2. The van der Waals surface area contributed by atoms with Gasteiger partial charge in [-0.05, 0) is 35.9 Å². The van der Waals surface area contributed by atoms with Crippen molar-refractivity contribution in [2.45, 2.75) is 6.54 Å². The van der Waals surface area contributed by atoms with E-state index >= 15 is 0 Å². The third-order valence-electron chi connectivity index (χ3n) is 2.67. The van der Waals surface area contributed by atoms with Crippen LogP contribution < -0.4 is 11.1 Å². The second-order valence-electron chi connectivity index (χ2n) is 4.22. The van der Waals surface area contributed by atoms with E-state index in [2.05, 4.69) is 5.32 Å². The quantitative estimate of drug-likeness (QED) is 0.633. The van der Waals surface area contributed by atoms with Crippen molar-refractivity contribution in [3.63, 3.8) is 0 Å². The topological polar surface area (TPSA) is 60.1 Å². The largest absolute Gasteiger partial charge is 0.399 e. The van der Waals surface area contributed by atoms with Gasteiger partial charge in [0.15, 0.2) is 0 Å². The van der Waals surface area contributed by atoms with Gasteiger partial charge in [0.1, 0.15) is 0 Å². The predicted octanol–water partition coefficient (Wildman–Crippen LogP) is 1.90. The van der Waals surface area contributed by atoms with Crippen LogP contribution in [0, 0.1) is 0 Å². The van der Waals surface area contributed by atoms with E-state index in [0.29, 0.717) is 12.2 Å². The number of hydrogen-bond acceptors (Lipinski definition) is 2. The van der Waals surface area contributed by atoms with Crippen LogP contribution in [0.5, 0.6) is 0 Å². The lowest BCUT2D eigenvalue weighted by Gasteiger charge is -2.03. The fourth-order valence-corrected chi connectivity index (χ4v) is 1.72. The van der Waals surface area contributed by atoms with Gasteiger partial charge in [-0.2, -0.15) is 0 Å². The smallest absolute Gasteiger partial charge is 0.244 e. The third-order valence-corrected chi connectivity index (χ3v) is 2.67. The van der Waals surface area contributed by atoms with E-state index in [4.69, 9.17) is 5.73 Å². The fourth-order valence-electron chi connectivity index (χ4n) is 1.72. The second kappa shape index (κ2) is 6.44. The normalized spacial score (nSPS) is 10.7. The van der Waals surface area contributed by atoms with Crippen molar-refractivity contribution >= 4 is 17.7 Å². The van der Waals surface area contributed by atoms with Crippen LogP contribution in [-0.4, -0.2) is 17.0 Å². The number of nitrogen functional groups attached to an aromatic ring is 1. The molecule has 0 fully saturated rings. The number of amides is 1. The Morgan fingerprint density at radius 2 is 2.05 bits per heavy atom. The summed E-state index contributed by atoms with van der Waals surface area (Å²) >= 11 is 0. The zero-order chi connectivity index (χ0) is 13.5. The summed E-state index contributed by atoms with van der Waals surface area (Å²) in [7, 11) is 0. The molecule has 19 heavy (non-hydrogen) atoms. The van der Waals surface area contributed by atoms with Crippen LogP contribution in [0.4, 0.5) is 5.69 Å². The first-order chi connectivity index (χ1) is 9.24. The van der Waals surface area contributed by atoms with Crippen LogP contribution in [0.3, 0.4) is 0 Å². The van der Waals surface area contributed by atoms with Crippen LogP contribution in [0.1, 0.15) is 5.56 Å². The Balaban J connectivity index is 1.78. The van der Waals surface area contributed by atoms with E-state index in [9.17, 15) is 4.79 Å². The molecular weight excluding hydrogens is 238 g/mol. The van der Waals surface area contributed by atoms with Crippen molar-refractivity contribution in [3.05, 3.63) is 60.4 Å². The summed E-state index contributed by atoms with van der Waals surface area (Å²) in [5, 5.41) is 2.83. The zero-order valence-corrected chi connectivity index (χ0v) is 10.6. The van der Waals surface area contributed by atoms with E-state index in [1.165, 1.54) is 6.08 Å². The van der Waals surface area contributed by atoms with Crippen molar-refractivity contribution in [1.82, 2.24) is 9.88 Å². The summed E-state index contributed by atoms with van der Waals surface area (Å²) in [6.07, 6.45) is 7.20. The highest BCUT2D eigenvalue weighted by Gasteiger charge is 1.95. The molecule has 2 aromatic rings. The molecule has 0 aliphatic rings. The molecule has 3 N–H and O–H groups in total. The molecule has 98 valence electrons. The molecule has 0 saturated heterocycles. The SMILES string of the molecule is Nc1cccc(/C=C/C(=O)NCCn2cccc2)c1. The maximum Gasteiger partial charge on any atom is 0.244 e. The molecule has 0 unspecified atom stereocenters. The zero-order valence-electron chi connectivity index (χ0n) is 10.6. The van der Waals surface area contributed by atoms with Gasteiger partial charge in [0, 0.05) is 37.2 Å². The first-order valence-corrected chi connectivity index (χ1v) is 6.16. The summed E-state index contributed by atoms with van der Waals surface area (Å²) in [6, 6.07) is 11.3. The minimum absolute atomic E-state index is 0.102. The van der Waals surface area contributed by atoms with Gasteiger partial charge < -0.3 is 15.6 Å². The van der Waals surface area contributed by atoms with Gasteiger partial charge in [-0.1, -0.05) is 12.1 Å². The Kier molecular flexibility index (Phi) is 4.39. The predicted molar refractivity (Wildman–Crippen MR) is 77.3 cm³/mol. The molecule has 0 saturated carbocycles. The van der Waals surface area contributed by atoms with Crippen LogP contribution in [0.2, 0.25) is 0 Å². The van der Waals surface area contributed by atoms with E-state index in [0.717, 1.165) is 12.1 Å². The Morgan fingerprint density at radius 3 is 2.79 bits per heavy atom. The number of aromatic nitrogens is 1. The maximum absolute atomic E-state index is 11.6. The van der Waals surface area contributed by atoms with Gasteiger partial charge >= 0.3 is 0 Å². The van der Waals surface area contributed by atoms with Gasteiger partial charge in [-0.25, -0.2) is 0 Å². The number of benzene rings is 1. The summed E-state index contributed by atoms with van der Waals surface area (Å²) < 4.78 is 2.02. The second-order valence-corrected chi connectivity index (χ2v) is 4.22. The van der Waals surface area contributed by atoms with E-state index < -0.39 is 0 Å². The van der Waals surface area contributed by atoms with Crippen LogP contribution in [0.25, 0.3) is 6.08 Å². The Morgan fingerprint density at radius 1 is 1.26 bits per heavy atom. The maximum atomic E-state index is 11.6.